The predicted octanol–water partition coefficient (Wildman–Crippen LogP) is 2.14. The van der Waals surface area contributed by atoms with Crippen LogP contribution < -0.4 is 21.1 Å². The van der Waals surface area contributed by atoms with E-state index in [4.69, 9.17) is 15.6 Å². The zero-order chi connectivity index (χ0) is 21.7. The van der Waals surface area contributed by atoms with Crippen molar-refractivity contribution in [3.05, 3.63) is 58.7 Å². The fourth-order valence-electron chi connectivity index (χ4n) is 2.73. The second-order valence-electron chi connectivity index (χ2n) is 6.08. The summed E-state index contributed by atoms with van der Waals surface area (Å²) in [7, 11) is 1.54. The van der Waals surface area contributed by atoms with Crippen molar-refractivity contribution in [2.24, 2.45) is 0 Å². The second kappa shape index (κ2) is 9.22. The Balaban J connectivity index is 1.87. The first-order chi connectivity index (χ1) is 14.4. The number of carbonyl (C=O) groups excluding carboxylic acids is 1. The number of hydrogen-bond acceptors (Lipinski definition) is 7. The third-order valence-corrected chi connectivity index (χ3v) is 4.54. The van der Waals surface area contributed by atoms with Gasteiger partial charge in [0.15, 0.2) is 11.5 Å². The number of hydrogen-bond donors (Lipinski definition) is 4. The lowest BCUT2D eigenvalue weighted by Crippen LogP contribution is -2.30. The first kappa shape index (κ1) is 21.0. The molecule has 1 unspecified atom stereocenters. The smallest absolute Gasteiger partial charge is 0.404 e. The molecule has 156 valence electrons. The Hall–Kier alpha value is -3.67. The Morgan fingerprint density at radius 2 is 2.07 bits per heavy atom. The summed E-state index contributed by atoms with van der Waals surface area (Å²) in [5.41, 5.74) is 6.80. The van der Waals surface area contributed by atoms with E-state index in [0.29, 0.717) is 11.4 Å². The summed E-state index contributed by atoms with van der Waals surface area (Å²) < 4.78 is 7.58. The van der Waals surface area contributed by atoms with Crippen LogP contribution in [0.4, 0.5) is 16.3 Å². The standard InChI is InChI=1S/C18H18BrN7O4/c1-30-13-5-10(4-11(19)6-13)14(8-23-18(28)29)26-9-12(7-24-26)25-17(27)15-16(20)22-3-2-21-15/h2-7,9,14,23H,8H2,1H3,(H2,20,22)(H,25,27)(H,28,29). The number of nitrogens with one attached hydrogen (secondary N) is 2. The molecular formula is C18H18BrN7O4. The highest BCUT2D eigenvalue weighted by atomic mass is 79.9. The van der Waals surface area contributed by atoms with Crippen LogP contribution in [-0.4, -0.2) is 50.5 Å². The van der Waals surface area contributed by atoms with E-state index in [2.05, 4.69) is 41.6 Å². The minimum absolute atomic E-state index is 0.00663. The van der Waals surface area contributed by atoms with Crippen molar-refractivity contribution in [3.63, 3.8) is 0 Å². The number of ether oxygens (including phenoxy) is 1. The molecule has 0 fully saturated rings. The number of rotatable bonds is 7. The number of nitrogens with zero attached hydrogens (tertiary/aromatic N) is 4. The number of carboxylic acid groups (broad SMARTS) is 1. The average molecular weight is 476 g/mol. The Labute approximate surface area is 179 Å². The van der Waals surface area contributed by atoms with Gasteiger partial charge in [-0.3, -0.25) is 9.48 Å². The topological polar surface area (TPSA) is 157 Å². The highest BCUT2D eigenvalue weighted by Crippen LogP contribution is 2.27. The molecule has 1 atom stereocenters. The molecule has 5 N–H and O–H groups in total. The highest BCUT2D eigenvalue weighted by molar-refractivity contribution is 9.10. The minimum atomic E-state index is -1.17. The maximum absolute atomic E-state index is 12.4. The SMILES string of the molecule is COc1cc(Br)cc(C(CNC(=O)O)n2cc(NC(=O)c3nccnc3N)cn2)c1. The summed E-state index contributed by atoms with van der Waals surface area (Å²) in [5.74, 6) is 0.0650. The fourth-order valence-corrected chi connectivity index (χ4v) is 3.22. The van der Waals surface area contributed by atoms with Gasteiger partial charge in [-0.15, -0.1) is 0 Å². The lowest BCUT2D eigenvalue weighted by molar-refractivity contribution is 0.102. The van der Waals surface area contributed by atoms with E-state index in [1.54, 1.807) is 18.3 Å². The number of methoxy groups -OCH3 is 1. The molecule has 1 aromatic carbocycles. The van der Waals surface area contributed by atoms with E-state index in [9.17, 15) is 9.59 Å². The number of nitrogens with two attached hydrogens (primary N) is 1. The van der Waals surface area contributed by atoms with E-state index in [1.165, 1.54) is 30.4 Å². The Morgan fingerprint density at radius 3 is 2.77 bits per heavy atom. The van der Waals surface area contributed by atoms with Crippen LogP contribution in [0.25, 0.3) is 0 Å². The van der Waals surface area contributed by atoms with Crippen LogP contribution in [0.15, 0.2) is 47.5 Å². The van der Waals surface area contributed by atoms with Gasteiger partial charge in [-0.05, 0) is 23.8 Å². The van der Waals surface area contributed by atoms with Crippen molar-refractivity contribution < 1.29 is 19.4 Å². The second-order valence-corrected chi connectivity index (χ2v) is 7.00. The van der Waals surface area contributed by atoms with Gasteiger partial charge < -0.3 is 26.2 Å². The summed E-state index contributed by atoms with van der Waals surface area (Å²) >= 11 is 3.42. The molecule has 30 heavy (non-hydrogen) atoms. The van der Waals surface area contributed by atoms with Gasteiger partial charge in [0.2, 0.25) is 0 Å². The van der Waals surface area contributed by atoms with Gasteiger partial charge in [0.25, 0.3) is 5.91 Å². The molecule has 3 rings (SSSR count). The molecule has 3 aromatic rings. The monoisotopic (exact) mass is 475 g/mol. The van der Waals surface area contributed by atoms with Crippen LogP contribution in [0.2, 0.25) is 0 Å². The molecule has 2 heterocycles. The van der Waals surface area contributed by atoms with E-state index in [0.717, 1.165) is 10.0 Å². The van der Waals surface area contributed by atoms with Gasteiger partial charge in [-0.2, -0.15) is 5.10 Å². The normalized spacial score (nSPS) is 11.5. The molecule has 0 spiro atoms. The van der Waals surface area contributed by atoms with Crippen LogP contribution in [0.1, 0.15) is 22.1 Å². The summed E-state index contributed by atoms with van der Waals surface area (Å²) in [6.07, 6.45) is 4.60. The average Bonchev–Trinajstić information content (AvgIpc) is 3.15. The van der Waals surface area contributed by atoms with Gasteiger partial charge in [0.1, 0.15) is 5.75 Å². The third-order valence-electron chi connectivity index (χ3n) is 4.08. The third kappa shape index (κ3) is 5.03. The predicted molar refractivity (Wildman–Crippen MR) is 111 cm³/mol. The van der Waals surface area contributed by atoms with E-state index in [1.807, 2.05) is 6.07 Å². The van der Waals surface area contributed by atoms with E-state index >= 15 is 0 Å². The highest BCUT2D eigenvalue weighted by Gasteiger charge is 2.19. The van der Waals surface area contributed by atoms with Gasteiger partial charge in [0, 0.05) is 29.6 Å². The van der Waals surface area contributed by atoms with Gasteiger partial charge in [0.05, 0.1) is 25.0 Å². The maximum atomic E-state index is 12.4. The van der Waals surface area contributed by atoms with Crippen molar-refractivity contribution in [1.82, 2.24) is 25.1 Å². The number of amides is 2. The molecule has 0 saturated carbocycles. The van der Waals surface area contributed by atoms with Crippen LogP contribution >= 0.6 is 15.9 Å². The number of aromatic nitrogens is 4. The summed E-state index contributed by atoms with van der Waals surface area (Å²) in [6, 6.07) is 4.89. The van der Waals surface area contributed by atoms with Gasteiger partial charge in [-0.1, -0.05) is 15.9 Å². The molecule has 0 aliphatic rings. The Kier molecular flexibility index (Phi) is 6.47. The summed E-state index contributed by atoms with van der Waals surface area (Å²) in [5, 5.41) is 18.3. The quantitative estimate of drug-likeness (QED) is 0.404. The van der Waals surface area contributed by atoms with Gasteiger partial charge in [-0.25, -0.2) is 14.8 Å². The van der Waals surface area contributed by atoms with Gasteiger partial charge >= 0.3 is 6.09 Å². The molecular weight excluding hydrogens is 458 g/mol. The lowest BCUT2D eigenvalue weighted by Gasteiger charge is -2.19. The van der Waals surface area contributed by atoms with Crippen LogP contribution in [-0.2, 0) is 0 Å². The van der Waals surface area contributed by atoms with E-state index < -0.39 is 18.0 Å². The van der Waals surface area contributed by atoms with Crippen LogP contribution in [0.3, 0.4) is 0 Å². The first-order valence-electron chi connectivity index (χ1n) is 8.60. The van der Waals surface area contributed by atoms with Crippen molar-refractivity contribution in [2.45, 2.75) is 6.04 Å². The zero-order valence-electron chi connectivity index (χ0n) is 15.7. The van der Waals surface area contributed by atoms with Crippen molar-refractivity contribution in [1.29, 1.82) is 0 Å². The zero-order valence-corrected chi connectivity index (χ0v) is 17.3. The molecule has 0 aliphatic carbocycles. The number of halogens is 1. The molecule has 0 aliphatic heterocycles. The van der Waals surface area contributed by atoms with E-state index in [-0.39, 0.29) is 18.1 Å². The van der Waals surface area contributed by atoms with Crippen molar-refractivity contribution in [2.75, 3.05) is 24.7 Å². The molecule has 0 radical (unpaired) electrons. The Morgan fingerprint density at radius 1 is 1.30 bits per heavy atom. The fraction of sp³-hybridized carbons (Fsp3) is 0.167. The Bertz CT molecular complexity index is 1070. The summed E-state index contributed by atoms with van der Waals surface area (Å²) in [6.45, 7) is 0.0428. The number of benzene rings is 1. The number of anilines is 2. The molecule has 11 nitrogen and oxygen atoms in total. The van der Waals surface area contributed by atoms with Crippen LogP contribution in [0, 0.1) is 0 Å². The molecule has 2 amide bonds. The lowest BCUT2D eigenvalue weighted by atomic mass is 10.1. The molecule has 2 aromatic heterocycles. The maximum Gasteiger partial charge on any atom is 0.404 e. The first-order valence-corrected chi connectivity index (χ1v) is 9.40. The molecule has 0 bridgehead atoms. The molecule has 0 saturated heterocycles. The van der Waals surface area contributed by atoms with Crippen molar-refractivity contribution >= 4 is 39.4 Å². The summed E-state index contributed by atoms with van der Waals surface area (Å²) in [4.78, 5) is 31.2. The molecule has 12 heteroatoms. The van der Waals surface area contributed by atoms with Crippen molar-refractivity contribution in [3.8, 4) is 5.75 Å². The number of nitrogen functional groups attached to an aromatic ring is 1. The minimum Gasteiger partial charge on any atom is -0.497 e. The van der Waals surface area contributed by atoms with Crippen LogP contribution in [0.5, 0.6) is 5.75 Å². The largest absolute Gasteiger partial charge is 0.497 e. The number of carbonyl (C=O) groups is 2.